The van der Waals surface area contributed by atoms with Gasteiger partial charge in [-0.25, -0.2) is 0 Å². The Morgan fingerprint density at radius 3 is 2.63 bits per heavy atom. The Labute approximate surface area is 111 Å². The Hall–Kier alpha value is -1.24. The standard InChI is InChI=1S/C12H20F3N3O/c1-4-5-18(8-12(13,14)15)11-17-10(7-19-11)6-16-9(2)3/h7,9,16H,4-6,8H2,1-3H3. The highest BCUT2D eigenvalue weighted by Gasteiger charge is 2.32. The van der Waals surface area contributed by atoms with Crippen molar-refractivity contribution >= 4 is 6.01 Å². The van der Waals surface area contributed by atoms with Crippen molar-refractivity contribution < 1.29 is 17.6 Å². The van der Waals surface area contributed by atoms with Gasteiger partial charge in [0, 0.05) is 19.1 Å². The summed E-state index contributed by atoms with van der Waals surface area (Å²) < 4.78 is 42.5. The third-order valence-corrected chi connectivity index (χ3v) is 2.37. The molecule has 0 aromatic carbocycles. The van der Waals surface area contributed by atoms with Gasteiger partial charge in [-0.1, -0.05) is 20.8 Å². The maximum atomic E-state index is 12.5. The van der Waals surface area contributed by atoms with E-state index in [1.807, 2.05) is 20.8 Å². The van der Waals surface area contributed by atoms with Gasteiger partial charge >= 0.3 is 6.18 Å². The van der Waals surface area contributed by atoms with E-state index in [0.29, 0.717) is 18.7 Å². The molecule has 0 unspecified atom stereocenters. The molecule has 1 aromatic rings. The van der Waals surface area contributed by atoms with Gasteiger partial charge in [0.25, 0.3) is 6.01 Å². The topological polar surface area (TPSA) is 41.3 Å². The number of anilines is 1. The van der Waals surface area contributed by atoms with Crippen LogP contribution in [-0.2, 0) is 6.54 Å². The van der Waals surface area contributed by atoms with E-state index in [1.54, 1.807) is 0 Å². The van der Waals surface area contributed by atoms with Crippen LogP contribution in [-0.4, -0.2) is 30.3 Å². The quantitative estimate of drug-likeness (QED) is 0.833. The van der Waals surface area contributed by atoms with E-state index in [-0.39, 0.29) is 18.6 Å². The summed E-state index contributed by atoms with van der Waals surface area (Å²) in [6.45, 7) is 5.47. The third kappa shape index (κ3) is 5.96. The third-order valence-electron chi connectivity index (χ3n) is 2.37. The number of hydrogen-bond acceptors (Lipinski definition) is 4. The second-order valence-electron chi connectivity index (χ2n) is 4.69. The summed E-state index contributed by atoms with van der Waals surface area (Å²) >= 11 is 0. The van der Waals surface area contributed by atoms with Gasteiger partial charge in [-0.05, 0) is 6.42 Å². The molecule has 0 aliphatic heterocycles. The Morgan fingerprint density at radius 1 is 1.42 bits per heavy atom. The molecule has 0 saturated carbocycles. The van der Waals surface area contributed by atoms with Crippen molar-refractivity contribution in [2.24, 2.45) is 0 Å². The van der Waals surface area contributed by atoms with E-state index in [9.17, 15) is 13.2 Å². The van der Waals surface area contributed by atoms with E-state index < -0.39 is 12.7 Å². The van der Waals surface area contributed by atoms with Gasteiger partial charge in [0.15, 0.2) is 0 Å². The van der Waals surface area contributed by atoms with Crippen molar-refractivity contribution in [3.8, 4) is 0 Å². The fourth-order valence-corrected chi connectivity index (χ4v) is 1.56. The van der Waals surface area contributed by atoms with Crippen molar-refractivity contribution in [1.82, 2.24) is 10.3 Å². The molecule has 0 aliphatic rings. The van der Waals surface area contributed by atoms with Crippen molar-refractivity contribution in [2.45, 2.75) is 46.0 Å². The first-order valence-electron chi connectivity index (χ1n) is 6.31. The van der Waals surface area contributed by atoms with Gasteiger partial charge < -0.3 is 14.6 Å². The average molecular weight is 279 g/mol. The number of halogens is 3. The van der Waals surface area contributed by atoms with Gasteiger partial charge in [0.2, 0.25) is 0 Å². The highest BCUT2D eigenvalue weighted by atomic mass is 19.4. The van der Waals surface area contributed by atoms with Gasteiger partial charge in [0.1, 0.15) is 12.8 Å². The minimum absolute atomic E-state index is 0.0275. The summed E-state index contributed by atoms with van der Waals surface area (Å²) in [6.07, 6.45) is -2.28. The molecule has 0 aliphatic carbocycles. The molecule has 1 heterocycles. The average Bonchev–Trinajstić information content (AvgIpc) is 2.72. The molecule has 0 saturated heterocycles. The van der Waals surface area contributed by atoms with Crippen molar-refractivity contribution in [1.29, 1.82) is 0 Å². The molecule has 0 atom stereocenters. The molecular formula is C12H20F3N3O. The van der Waals surface area contributed by atoms with Gasteiger partial charge in [0.05, 0.1) is 5.69 Å². The van der Waals surface area contributed by atoms with Crippen LogP contribution in [0.5, 0.6) is 0 Å². The molecule has 0 amide bonds. The number of aromatic nitrogens is 1. The second kappa shape index (κ2) is 6.79. The van der Waals surface area contributed by atoms with Crippen LogP contribution in [0.25, 0.3) is 0 Å². The molecule has 0 bridgehead atoms. The summed E-state index contributed by atoms with van der Waals surface area (Å²) in [4.78, 5) is 5.19. The number of oxazole rings is 1. The molecule has 1 N–H and O–H groups in total. The minimum atomic E-state index is -4.26. The smallest absolute Gasteiger partial charge is 0.406 e. The number of nitrogens with zero attached hydrogens (tertiary/aromatic N) is 2. The van der Waals surface area contributed by atoms with E-state index in [4.69, 9.17) is 4.42 Å². The predicted octanol–water partition coefficient (Wildman–Crippen LogP) is 2.95. The largest absolute Gasteiger partial charge is 0.432 e. The maximum absolute atomic E-state index is 12.5. The molecular weight excluding hydrogens is 259 g/mol. The van der Waals surface area contributed by atoms with Crippen molar-refractivity contribution in [2.75, 3.05) is 18.0 Å². The highest BCUT2D eigenvalue weighted by molar-refractivity contribution is 5.27. The van der Waals surface area contributed by atoms with E-state index in [2.05, 4.69) is 10.3 Å². The number of rotatable bonds is 7. The molecule has 1 aromatic heterocycles. The number of nitrogens with one attached hydrogen (secondary N) is 1. The second-order valence-corrected chi connectivity index (χ2v) is 4.69. The maximum Gasteiger partial charge on any atom is 0.406 e. The van der Waals surface area contributed by atoms with Crippen LogP contribution in [0.1, 0.15) is 32.9 Å². The van der Waals surface area contributed by atoms with Crippen LogP contribution >= 0.6 is 0 Å². The lowest BCUT2D eigenvalue weighted by Gasteiger charge is -2.21. The van der Waals surface area contributed by atoms with Crippen LogP contribution in [0.2, 0.25) is 0 Å². The summed E-state index contributed by atoms with van der Waals surface area (Å²) in [5.74, 6) is 0. The molecule has 0 radical (unpaired) electrons. The molecule has 7 heteroatoms. The van der Waals surface area contributed by atoms with Crippen LogP contribution in [0.15, 0.2) is 10.7 Å². The summed E-state index contributed by atoms with van der Waals surface area (Å²) in [7, 11) is 0. The zero-order chi connectivity index (χ0) is 14.5. The lowest BCUT2D eigenvalue weighted by molar-refractivity contribution is -0.120. The molecule has 4 nitrogen and oxygen atoms in total. The molecule has 110 valence electrons. The van der Waals surface area contributed by atoms with Crippen LogP contribution in [0, 0.1) is 0 Å². The van der Waals surface area contributed by atoms with E-state index in [1.165, 1.54) is 6.26 Å². The number of alkyl halides is 3. The first-order valence-corrected chi connectivity index (χ1v) is 6.31. The predicted molar refractivity (Wildman–Crippen MR) is 67.0 cm³/mol. The van der Waals surface area contributed by atoms with Gasteiger partial charge in [-0.3, -0.25) is 0 Å². The van der Waals surface area contributed by atoms with Gasteiger partial charge in [-0.2, -0.15) is 18.2 Å². The minimum Gasteiger partial charge on any atom is -0.432 e. The number of hydrogen-bond donors (Lipinski definition) is 1. The normalized spacial score (nSPS) is 12.2. The van der Waals surface area contributed by atoms with Crippen LogP contribution in [0.4, 0.5) is 19.2 Å². The Morgan fingerprint density at radius 2 is 2.11 bits per heavy atom. The van der Waals surface area contributed by atoms with Gasteiger partial charge in [-0.15, -0.1) is 0 Å². The highest BCUT2D eigenvalue weighted by Crippen LogP contribution is 2.22. The Kier molecular flexibility index (Phi) is 5.65. The Bertz CT molecular complexity index is 377. The first-order chi connectivity index (χ1) is 8.81. The fourth-order valence-electron chi connectivity index (χ4n) is 1.56. The first kappa shape index (κ1) is 15.8. The van der Waals surface area contributed by atoms with Crippen LogP contribution in [0.3, 0.4) is 0 Å². The molecule has 1 rings (SSSR count). The van der Waals surface area contributed by atoms with E-state index >= 15 is 0 Å². The molecule has 0 fully saturated rings. The Balaban J connectivity index is 2.69. The monoisotopic (exact) mass is 279 g/mol. The summed E-state index contributed by atoms with van der Waals surface area (Å²) in [6, 6.07) is 0.307. The lowest BCUT2D eigenvalue weighted by atomic mass is 10.4. The molecule has 0 spiro atoms. The van der Waals surface area contributed by atoms with Crippen molar-refractivity contribution in [3.63, 3.8) is 0 Å². The summed E-state index contributed by atoms with van der Waals surface area (Å²) in [5.41, 5.74) is 0.604. The zero-order valence-corrected chi connectivity index (χ0v) is 11.4. The zero-order valence-electron chi connectivity index (χ0n) is 11.4. The van der Waals surface area contributed by atoms with Crippen molar-refractivity contribution in [3.05, 3.63) is 12.0 Å². The fraction of sp³-hybridized carbons (Fsp3) is 0.750. The SMILES string of the molecule is CCCN(CC(F)(F)F)c1nc(CNC(C)C)co1. The van der Waals surface area contributed by atoms with E-state index in [0.717, 1.165) is 4.90 Å². The molecule has 19 heavy (non-hydrogen) atoms. The van der Waals surface area contributed by atoms with Crippen LogP contribution < -0.4 is 10.2 Å². The lowest BCUT2D eigenvalue weighted by Crippen LogP contribution is -2.35. The summed E-state index contributed by atoms with van der Waals surface area (Å²) in [5, 5.41) is 3.13.